The van der Waals surface area contributed by atoms with Crippen LogP contribution in [0.5, 0.6) is 0 Å². The number of rotatable bonds is 7. The molecule has 0 bridgehead atoms. The maximum absolute atomic E-state index is 13.4. The summed E-state index contributed by atoms with van der Waals surface area (Å²) in [5.41, 5.74) is 1.32. The summed E-state index contributed by atoms with van der Waals surface area (Å²) in [5.74, 6) is 0.688. The minimum atomic E-state index is -3.60. The van der Waals surface area contributed by atoms with E-state index in [9.17, 15) is 13.2 Å². The largest absolute Gasteiger partial charge is 0.371 e. The predicted molar refractivity (Wildman–Crippen MR) is 132 cm³/mol. The zero-order chi connectivity index (χ0) is 23.4. The average Bonchev–Trinajstić information content (AvgIpc) is 3.35. The molecule has 4 rings (SSSR count). The van der Waals surface area contributed by atoms with Gasteiger partial charge in [-0.3, -0.25) is 4.79 Å². The lowest BCUT2D eigenvalue weighted by Crippen LogP contribution is -2.46. The van der Waals surface area contributed by atoms with Crippen molar-refractivity contribution < 1.29 is 13.2 Å². The number of benzene rings is 1. The summed E-state index contributed by atoms with van der Waals surface area (Å²) in [6, 6.07) is 5.14. The van der Waals surface area contributed by atoms with Crippen molar-refractivity contribution >= 4 is 21.6 Å². The number of amides is 1. The van der Waals surface area contributed by atoms with E-state index in [4.69, 9.17) is 0 Å². The lowest BCUT2D eigenvalue weighted by Gasteiger charge is -2.35. The highest BCUT2D eigenvalue weighted by molar-refractivity contribution is 7.89. The predicted octanol–water partition coefficient (Wildman–Crippen LogP) is 3.31. The summed E-state index contributed by atoms with van der Waals surface area (Å²) in [6.45, 7) is 5.05. The molecule has 1 amide bonds. The molecule has 0 unspecified atom stereocenters. The van der Waals surface area contributed by atoms with Crippen LogP contribution in [0.1, 0.15) is 68.1 Å². The number of sulfonamides is 1. The number of likely N-dealkylation sites (tertiary alicyclic amines) is 1. The lowest BCUT2D eigenvalue weighted by atomic mass is 9.88. The number of carbonyl (C=O) groups is 1. The molecule has 0 aromatic heterocycles. The van der Waals surface area contributed by atoms with Crippen molar-refractivity contribution in [3.8, 4) is 0 Å². The van der Waals surface area contributed by atoms with Crippen LogP contribution in [0.25, 0.3) is 0 Å². The van der Waals surface area contributed by atoms with Crippen LogP contribution in [0.2, 0.25) is 0 Å². The van der Waals surface area contributed by atoms with Crippen molar-refractivity contribution in [2.45, 2.75) is 68.7 Å². The van der Waals surface area contributed by atoms with Gasteiger partial charge in [0.1, 0.15) is 0 Å². The monoisotopic (exact) mass is 476 g/mol. The van der Waals surface area contributed by atoms with Crippen molar-refractivity contribution in [2.75, 3.05) is 51.7 Å². The maximum atomic E-state index is 13.4. The molecule has 1 N–H and O–H groups in total. The van der Waals surface area contributed by atoms with E-state index in [2.05, 4.69) is 15.1 Å². The molecule has 2 aliphatic heterocycles. The molecule has 7 nitrogen and oxygen atoms in total. The van der Waals surface area contributed by atoms with Gasteiger partial charge in [-0.2, -0.15) is 0 Å². The van der Waals surface area contributed by atoms with Crippen molar-refractivity contribution in [2.24, 2.45) is 5.92 Å². The summed E-state index contributed by atoms with van der Waals surface area (Å²) < 4.78 is 26.6. The summed E-state index contributed by atoms with van der Waals surface area (Å²) in [6.07, 6.45) is 11.0. The quantitative estimate of drug-likeness (QED) is 0.654. The second-order valence-electron chi connectivity index (χ2n) is 10.2. The molecule has 184 valence electrons. The van der Waals surface area contributed by atoms with Crippen LogP contribution < -0.4 is 10.2 Å². The molecule has 1 aromatic rings. The van der Waals surface area contributed by atoms with E-state index in [1.165, 1.54) is 57.0 Å². The first-order valence-electron chi connectivity index (χ1n) is 12.7. The number of nitrogens with zero attached hydrogens (tertiary/aromatic N) is 3. The SMILES string of the molecule is CN(C)S(=O)(=O)c1ccc(N2CCCC2)c(C(=O)NC2CCN(CC3CCCCC3)CC2)c1. The molecule has 3 fully saturated rings. The van der Waals surface area contributed by atoms with Gasteiger partial charge in [-0.1, -0.05) is 19.3 Å². The van der Waals surface area contributed by atoms with Gasteiger partial charge in [0.25, 0.3) is 5.91 Å². The lowest BCUT2D eigenvalue weighted by molar-refractivity contribution is 0.0902. The Morgan fingerprint density at radius 3 is 2.27 bits per heavy atom. The molecular weight excluding hydrogens is 436 g/mol. The molecule has 8 heteroatoms. The van der Waals surface area contributed by atoms with Gasteiger partial charge in [0.15, 0.2) is 0 Å². The fraction of sp³-hybridized carbons (Fsp3) is 0.720. The first-order valence-corrected chi connectivity index (χ1v) is 14.1. The molecule has 1 aliphatic carbocycles. The Bertz CT molecular complexity index is 914. The summed E-state index contributed by atoms with van der Waals surface area (Å²) in [4.78, 5) is 18.3. The van der Waals surface area contributed by atoms with Crippen LogP contribution in [0.15, 0.2) is 23.1 Å². The van der Waals surface area contributed by atoms with E-state index in [1.807, 2.05) is 6.07 Å². The number of hydrogen-bond acceptors (Lipinski definition) is 5. The molecule has 33 heavy (non-hydrogen) atoms. The van der Waals surface area contributed by atoms with Crippen LogP contribution in [0.4, 0.5) is 5.69 Å². The van der Waals surface area contributed by atoms with Gasteiger partial charge in [-0.15, -0.1) is 0 Å². The number of hydrogen-bond donors (Lipinski definition) is 1. The topological polar surface area (TPSA) is 73.0 Å². The Morgan fingerprint density at radius 2 is 1.64 bits per heavy atom. The van der Waals surface area contributed by atoms with E-state index in [0.717, 1.165) is 63.5 Å². The highest BCUT2D eigenvalue weighted by Gasteiger charge is 2.28. The molecule has 2 saturated heterocycles. The standard InChI is InChI=1S/C25H40N4O3S/c1-27(2)33(31,32)22-10-11-24(29-14-6-7-15-29)23(18-22)25(30)26-21-12-16-28(17-13-21)19-20-8-4-3-5-9-20/h10-11,18,20-21H,3-9,12-17,19H2,1-2H3,(H,26,30). The second-order valence-corrected chi connectivity index (χ2v) is 12.4. The molecule has 2 heterocycles. The Hall–Kier alpha value is -1.64. The summed E-state index contributed by atoms with van der Waals surface area (Å²) in [7, 11) is -0.563. The Kier molecular flexibility index (Phi) is 7.97. The Morgan fingerprint density at radius 1 is 0.970 bits per heavy atom. The van der Waals surface area contributed by atoms with Gasteiger partial charge in [-0.25, -0.2) is 12.7 Å². The van der Waals surface area contributed by atoms with Gasteiger partial charge >= 0.3 is 0 Å². The third kappa shape index (κ3) is 5.89. The van der Waals surface area contributed by atoms with E-state index in [0.29, 0.717) is 5.56 Å². The van der Waals surface area contributed by atoms with Crippen molar-refractivity contribution in [3.63, 3.8) is 0 Å². The van der Waals surface area contributed by atoms with E-state index < -0.39 is 10.0 Å². The van der Waals surface area contributed by atoms with E-state index in [1.54, 1.807) is 12.1 Å². The summed E-state index contributed by atoms with van der Waals surface area (Å²) >= 11 is 0. The van der Waals surface area contributed by atoms with Crippen molar-refractivity contribution in [1.29, 1.82) is 0 Å². The number of anilines is 1. The number of piperidine rings is 1. The molecular formula is C25H40N4O3S. The summed E-state index contributed by atoms with van der Waals surface area (Å²) in [5, 5.41) is 3.23. The minimum Gasteiger partial charge on any atom is -0.371 e. The molecule has 0 radical (unpaired) electrons. The second kappa shape index (κ2) is 10.7. The molecule has 1 aromatic carbocycles. The van der Waals surface area contributed by atoms with Gasteiger partial charge < -0.3 is 15.1 Å². The smallest absolute Gasteiger partial charge is 0.253 e. The van der Waals surface area contributed by atoms with Crippen LogP contribution >= 0.6 is 0 Å². The Balaban J connectivity index is 1.43. The van der Waals surface area contributed by atoms with E-state index in [-0.39, 0.29) is 16.8 Å². The van der Waals surface area contributed by atoms with Crippen LogP contribution in [0, 0.1) is 5.92 Å². The van der Waals surface area contributed by atoms with Crippen molar-refractivity contribution in [3.05, 3.63) is 23.8 Å². The van der Waals surface area contributed by atoms with Gasteiger partial charge in [-0.05, 0) is 62.6 Å². The minimum absolute atomic E-state index is 0.139. The highest BCUT2D eigenvalue weighted by atomic mass is 32.2. The fourth-order valence-corrected chi connectivity index (χ4v) is 6.49. The van der Waals surface area contributed by atoms with Gasteiger partial charge in [0, 0.05) is 58.5 Å². The molecule has 0 spiro atoms. The third-order valence-corrected chi connectivity index (χ3v) is 9.41. The first kappa shape index (κ1) is 24.5. The third-order valence-electron chi connectivity index (χ3n) is 7.60. The van der Waals surface area contributed by atoms with Crippen LogP contribution in [0.3, 0.4) is 0 Å². The van der Waals surface area contributed by atoms with Crippen LogP contribution in [-0.4, -0.2) is 76.4 Å². The maximum Gasteiger partial charge on any atom is 0.253 e. The van der Waals surface area contributed by atoms with Gasteiger partial charge in [0.2, 0.25) is 10.0 Å². The molecule has 1 saturated carbocycles. The average molecular weight is 477 g/mol. The van der Waals surface area contributed by atoms with E-state index >= 15 is 0 Å². The normalized spacial score (nSPS) is 21.6. The zero-order valence-electron chi connectivity index (χ0n) is 20.3. The van der Waals surface area contributed by atoms with Crippen LogP contribution in [-0.2, 0) is 10.0 Å². The highest BCUT2D eigenvalue weighted by Crippen LogP contribution is 2.29. The number of nitrogens with one attached hydrogen (secondary N) is 1. The van der Waals surface area contributed by atoms with Gasteiger partial charge in [0.05, 0.1) is 10.5 Å². The fourth-order valence-electron chi connectivity index (χ4n) is 5.56. The van der Waals surface area contributed by atoms with Crippen molar-refractivity contribution in [1.82, 2.24) is 14.5 Å². The number of carbonyl (C=O) groups excluding carboxylic acids is 1. The first-order chi connectivity index (χ1) is 15.8. The molecule has 3 aliphatic rings. The zero-order valence-corrected chi connectivity index (χ0v) is 21.1. The molecule has 0 atom stereocenters. The Labute approximate surface area is 199 Å².